The average Bonchev–Trinajstić information content (AvgIpc) is 3.34. The van der Waals surface area contributed by atoms with Crippen LogP contribution in [0, 0.1) is 0 Å². The molecule has 4 aromatic rings. The van der Waals surface area contributed by atoms with Crippen molar-refractivity contribution in [3.63, 3.8) is 0 Å². The highest BCUT2D eigenvalue weighted by molar-refractivity contribution is 6.30. The molecule has 0 saturated carbocycles. The van der Waals surface area contributed by atoms with Crippen LogP contribution in [-0.4, -0.2) is 25.6 Å². The number of aromatic nitrogens is 4. The molecule has 1 atom stereocenters. The predicted molar refractivity (Wildman–Crippen MR) is 117 cm³/mol. The SMILES string of the molecule is CCn1c(-c2ccc(Cl)cc2)nc2c(=O)[nH]c(CCC3Cc4ccccc4O3)nc21. The third kappa shape index (κ3) is 3.37. The van der Waals surface area contributed by atoms with Crippen molar-refractivity contribution in [1.29, 1.82) is 0 Å². The Balaban J connectivity index is 1.43. The molecule has 5 rings (SSSR count). The van der Waals surface area contributed by atoms with E-state index in [0.717, 1.165) is 24.2 Å². The Morgan fingerprint density at radius 1 is 1.17 bits per heavy atom. The Morgan fingerprint density at radius 3 is 2.73 bits per heavy atom. The molecule has 1 aliphatic heterocycles. The minimum absolute atomic E-state index is 0.101. The number of nitrogens with zero attached hydrogens (tertiary/aromatic N) is 3. The lowest BCUT2D eigenvalue weighted by Crippen LogP contribution is -2.17. The Kier molecular flexibility index (Phi) is 4.79. The summed E-state index contributed by atoms with van der Waals surface area (Å²) in [6.45, 7) is 2.68. The molecule has 1 unspecified atom stereocenters. The second kappa shape index (κ2) is 7.61. The zero-order valence-corrected chi connectivity index (χ0v) is 17.3. The van der Waals surface area contributed by atoms with Crippen LogP contribution in [0.4, 0.5) is 0 Å². The third-order valence-electron chi connectivity index (χ3n) is 5.49. The monoisotopic (exact) mass is 420 g/mol. The van der Waals surface area contributed by atoms with Crippen molar-refractivity contribution in [2.75, 3.05) is 0 Å². The van der Waals surface area contributed by atoms with Crippen molar-refractivity contribution < 1.29 is 4.74 Å². The van der Waals surface area contributed by atoms with E-state index in [1.54, 1.807) is 0 Å². The second-order valence-corrected chi connectivity index (χ2v) is 7.90. The van der Waals surface area contributed by atoms with E-state index >= 15 is 0 Å². The molecule has 6 nitrogen and oxygen atoms in total. The van der Waals surface area contributed by atoms with Crippen molar-refractivity contribution in [2.45, 2.75) is 38.8 Å². The number of hydrogen-bond donors (Lipinski definition) is 1. The molecule has 0 spiro atoms. The van der Waals surface area contributed by atoms with Gasteiger partial charge in [-0.05, 0) is 49.2 Å². The Morgan fingerprint density at radius 2 is 1.97 bits per heavy atom. The van der Waals surface area contributed by atoms with Gasteiger partial charge in [0.15, 0.2) is 11.2 Å². The standard InChI is InChI=1S/C23H21ClN4O2/c1-2-28-21(14-7-9-16(24)10-8-14)27-20-22(28)25-19(26-23(20)29)12-11-17-13-15-5-3-4-6-18(15)30-17/h3-10,17H,2,11-13H2,1H3,(H,25,26,29). The van der Waals surface area contributed by atoms with Gasteiger partial charge < -0.3 is 14.3 Å². The quantitative estimate of drug-likeness (QED) is 0.519. The molecule has 0 saturated heterocycles. The van der Waals surface area contributed by atoms with Gasteiger partial charge in [0.25, 0.3) is 5.56 Å². The normalized spacial score (nSPS) is 15.3. The van der Waals surface area contributed by atoms with E-state index in [-0.39, 0.29) is 11.7 Å². The molecule has 1 aliphatic rings. The first kappa shape index (κ1) is 18.9. The molecule has 7 heteroatoms. The van der Waals surface area contributed by atoms with Crippen LogP contribution in [-0.2, 0) is 19.4 Å². The van der Waals surface area contributed by atoms with Gasteiger partial charge in [0, 0.05) is 30.0 Å². The summed E-state index contributed by atoms with van der Waals surface area (Å²) in [5.41, 5.74) is 2.88. The maximum atomic E-state index is 12.7. The molecule has 2 aromatic carbocycles. The van der Waals surface area contributed by atoms with Gasteiger partial charge in [-0.2, -0.15) is 0 Å². The van der Waals surface area contributed by atoms with Crippen molar-refractivity contribution in [3.05, 3.63) is 75.3 Å². The highest BCUT2D eigenvalue weighted by Gasteiger charge is 2.23. The number of nitrogens with one attached hydrogen (secondary N) is 1. The van der Waals surface area contributed by atoms with Gasteiger partial charge in [0.05, 0.1) is 0 Å². The summed E-state index contributed by atoms with van der Waals surface area (Å²) in [7, 11) is 0. The van der Waals surface area contributed by atoms with Crippen LogP contribution in [0.3, 0.4) is 0 Å². The average molecular weight is 421 g/mol. The zero-order chi connectivity index (χ0) is 20.7. The highest BCUT2D eigenvalue weighted by Crippen LogP contribution is 2.30. The van der Waals surface area contributed by atoms with Crippen LogP contribution in [0.5, 0.6) is 5.75 Å². The minimum atomic E-state index is -0.215. The summed E-state index contributed by atoms with van der Waals surface area (Å²) < 4.78 is 7.99. The molecular formula is C23H21ClN4O2. The van der Waals surface area contributed by atoms with Gasteiger partial charge in [0.1, 0.15) is 23.5 Å². The number of para-hydroxylation sites is 1. The molecule has 0 amide bonds. The van der Waals surface area contributed by atoms with Gasteiger partial charge in [-0.3, -0.25) is 4.79 Å². The summed E-state index contributed by atoms with van der Waals surface area (Å²) in [6.07, 6.45) is 2.41. The lowest BCUT2D eigenvalue weighted by molar-refractivity contribution is 0.221. The van der Waals surface area contributed by atoms with Gasteiger partial charge in [-0.25, -0.2) is 9.97 Å². The fourth-order valence-electron chi connectivity index (χ4n) is 4.01. The van der Waals surface area contributed by atoms with E-state index in [9.17, 15) is 4.79 Å². The summed E-state index contributed by atoms with van der Waals surface area (Å²) >= 11 is 6.01. The van der Waals surface area contributed by atoms with E-state index in [1.807, 2.05) is 54.0 Å². The molecule has 0 bridgehead atoms. The summed E-state index contributed by atoms with van der Waals surface area (Å²) in [5.74, 6) is 2.33. The first-order valence-corrected chi connectivity index (χ1v) is 10.5. The number of imidazole rings is 1. The van der Waals surface area contributed by atoms with Crippen LogP contribution in [0.15, 0.2) is 53.3 Å². The fourth-order valence-corrected chi connectivity index (χ4v) is 4.13. The molecule has 152 valence electrons. The Hall–Kier alpha value is -3.12. The maximum Gasteiger partial charge on any atom is 0.279 e. The highest BCUT2D eigenvalue weighted by atomic mass is 35.5. The Labute approximate surface area is 178 Å². The predicted octanol–water partition coefficient (Wildman–Crippen LogP) is 4.40. The Bertz CT molecular complexity index is 1250. The first-order chi connectivity index (χ1) is 14.6. The van der Waals surface area contributed by atoms with Crippen molar-refractivity contribution >= 4 is 22.8 Å². The summed E-state index contributed by atoms with van der Waals surface area (Å²) in [5, 5.41) is 0.660. The molecule has 2 aromatic heterocycles. The largest absolute Gasteiger partial charge is 0.490 e. The first-order valence-electron chi connectivity index (χ1n) is 10.1. The summed E-state index contributed by atoms with van der Waals surface area (Å²) in [6, 6.07) is 15.6. The maximum absolute atomic E-state index is 12.7. The van der Waals surface area contributed by atoms with E-state index in [0.29, 0.717) is 40.8 Å². The molecular weight excluding hydrogens is 400 g/mol. The smallest absolute Gasteiger partial charge is 0.279 e. The number of halogens is 1. The van der Waals surface area contributed by atoms with Crippen LogP contribution in [0.1, 0.15) is 24.7 Å². The van der Waals surface area contributed by atoms with E-state index in [4.69, 9.17) is 21.3 Å². The number of H-pyrrole nitrogens is 1. The zero-order valence-electron chi connectivity index (χ0n) is 16.6. The van der Waals surface area contributed by atoms with E-state index in [1.165, 1.54) is 5.56 Å². The van der Waals surface area contributed by atoms with Crippen molar-refractivity contribution in [3.8, 4) is 17.1 Å². The molecule has 0 radical (unpaired) electrons. The lowest BCUT2D eigenvalue weighted by atomic mass is 10.1. The van der Waals surface area contributed by atoms with E-state index < -0.39 is 0 Å². The van der Waals surface area contributed by atoms with Crippen LogP contribution < -0.4 is 10.3 Å². The number of aryl methyl sites for hydroxylation is 2. The molecule has 30 heavy (non-hydrogen) atoms. The number of rotatable bonds is 5. The van der Waals surface area contributed by atoms with Gasteiger partial charge >= 0.3 is 0 Å². The molecule has 0 aliphatic carbocycles. The van der Waals surface area contributed by atoms with E-state index in [2.05, 4.69) is 16.0 Å². The number of fused-ring (bicyclic) bond motifs is 2. The second-order valence-electron chi connectivity index (χ2n) is 7.46. The third-order valence-corrected chi connectivity index (χ3v) is 5.74. The van der Waals surface area contributed by atoms with Crippen molar-refractivity contribution in [2.24, 2.45) is 0 Å². The van der Waals surface area contributed by atoms with Gasteiger partial charge in [-0.15, -0.1) is 0 Å². The minimum Gasteiger partial charge on any atom is -0.490 e. The number of aromatic amines is 1. The number of ether oxygens (including phenoxy) is 1. The van der Waals surface area contributed by atoms with Gasteiger partial charge in [-0.1, -0.05) is 29.8 Å². The molecule has 0 fully saturated rings. The fraction of sp³-hybridized carbons (Fsp3) is 0.261. The lowest BCUT2D eigenvalue weighted by Gasteiger charge is -2.10. The molecule has 3 heterocycles. The van der Waals surface area contributed by atoms with Crippen LogP contribution in [0.2, 0.25) is 5.02 Å². The van der Waals surface area contributed by atoms with Crippen LogP contribution >= 0.6 is 11.6 Å². The number of benzene rings is 2. The van der Waals surface area contributed by atoms with Crippen LogP contribution in [0.25, 0.3) is 22.6 Å². The molecule has 1 N–H and O–H groups in total. The number of hydrogen-bond acceptors (Lipinski definition) is 4. The topological polar surface area (TPSA) is 72.8 Å². The van der Waals surface area contributed by atoms with Crippen molar-refractivity contribution in [1.82, 2.24) is 19.5 Å². The summed E-state index contributed by atoms with van der Waals surface area (Å²) in [4.78, 5) is 24.9. The van der Waals surface area contributed by atoms with Gasteiger partial charge in [0.2, 0.25) is 0 Å².